The van der Waals surface area contributed by atoms with Crippen LogP contribution in [0.2, 0.25) is 0 Å². The topological polar surface area (TPSA) is 33.5 Å². The molecule has 1 aromatic carbocycles. The van der Waals surface area contributed by atoms with Crippen molar-refractivity contribution in [3.63, 3.8) is 0 Å². The summed E-state index contributed by atoms with van der Waals surface area (Å²) in [5.74, 6) is 0.211. The molecule has 2 atom stereocenters. The molecule has 0 bridgehead atoms. The average Bonchev–Trinajstić information content (AvgIpc) is 2.95. The molecule has 0 aliphatic carbocycles. The highest BCUT2D eigenvalue weighted by Gasteiger charge is 2.34. The van der Waals surface area contributed by atoms with Crippen molar-refractivity contribution in [2.75, 3.05) is 18.4 Å². The molecule has 1 heterocycles. The van der Waals surface area contributed by atoms with Crippen molar-refractivity contribution in [2.24, 2.45) is 0 Å². The predicted molar refractivity (Wildman–Crippen MR) is 97.1 cm³/mol. The molecule has 1 aliphatic heterocycles. The van der Waals surface area contributed by atoms with Crippen LogP contribution in [-0.2, 0) is 4.79 Å². The largest absolute Gasteiger partial charge is 1.00 e. The molecule has 4 heteroatoms. The maximum atomic E-state index is 12.8. The summed E-state index contributed by atoms with van der Waals surface area (Å²) in [5, 5.41) is 3.22. The number of aryl methyl sites for hydroxylation is 3. The maximum absolute atomic E-state index is 12.8. The first kappa shape index (κ1) is 21.0. The number of halogens is 1. The summed E-state index contributed by atoms with van der Waals surface area (Å²) in [5.41, 5.74) is 4.59. The monoisotopic (exact) mass is 352 g/mol. The minimum Gasteiger partial charge on any atom is -1.00 e. The lowest BCUT2D eigenvalue weighted by Gasteiger charge is -2.22. The molecular weight excluding hydrogens is 320 g/mol. The number of benzene rings is 1. The molecular formula is C20H33ClN2O. The smallest absolute Gasteiger partial charge is 0.282 e. The fourth-order valence-corrected chi connectivity index (χ4v) is 3.89. The van der Waals surface area contributed by atoms with Gasteiger partial charge in [0.05, 0.1) is 13.1 Å². The van der Waals surface area contributed by atoms with E-state index in [1.807, 2.05) is 0 Å². The molecule has 0 radical (unpaired) electrons. The van der Waals surface area contributed by atoms with Gasteiger partial charge >= 0.3 is 0 Å². The Kier molecular flexibility index (Phi) is 8.79. The number of carbonyl (C=O) groups excluding carboxylic acids is 1. The van der Waals surface area contributed by atoms with Crippen LogP contribution in [-0.4, -0.2) is 25.0 Å². The Morgan fingerprint density at radius 2 is 1.83 bits per heavy atom. The van der Waals surface area contributed by atoms with Crippen molar-refractivity contribution in [1.29, 1.82) is 0 Å². The van der Waals surface area contributed by atoms with Crippen LogP contribution in [0, 0.1) is 20.8 Å². The van der Waals surface area contributed by atoms with Crippen LogP contribution in [0.1, 0.15) is 62.1 Å². The standard InChI is InChI=1S/C20H32N2O.ClH/c1-5-6-7-8-11-22-12-9-10-18(22)20(23)21-19-16(3)13-15(2)14-17(19)4;/h13-14,18H,5-12H2,1-4H3,(H,21,23);1H. The van der Waals surface area contributed by atoms with Gasteiger partial charge in [-0.15, -0.1) is 0 Å². The van der Waals surface area contributed by atoms with Crippen molar-refractivity contribution in [3.05, 3.63) is 28.8 Å². The van der Waals surface area contributed by atoms with Crippen LogP contribution < -0.4 is 22.6 Å². The SMILES string of the molecule is CCCCCC[NH+]1CCCC1C(=O)Nc1c(C)cc(C)cc1C.[Cl-]. The minimum atomic E-state index is 0. The molecule has 2 unspecified atom stereocenters. The Bertz CT molecular complexity index is 521. The average molecular weight is 353 g/mol. The van der Waals surface area contributed by atoms with E-state index in [9.17, 15) is 4.79 Å². The van der Waals surface area contributed by atoms with E-state index < -0.39 is 0 Å². The molecule has 24 heavy (non-hydrogen) atoms. The highest BCUT2D eigenvalue weighted by Crippen LogP contribution is 2.22. The number of anilines is 1. The van der Waals surface area contributed by atoms with Crippen molar-refractivity contribution >= 4 is 11.6 Å². The Morgan fingerprint density at radius 3 is 2.46 bits per heavy atom. The van der Waals surface area contributed by atoms with Crippen LogP contribution in [0.25, 0.3) is 0 Å². The second-order valence-corrected chi connectivity index (χ2v) is 7.18. The van der Waals surface area contributed by atoms with Gasteiger partial charge in [-0.05, 0) is 44.7 Å². The summed E-state index contributed by atoms with van der Waals surface area (Å²) >= 11 is 0. The summed E-state index contributed by atoms with van der Waals surface area (Å²) in [4.78, 5) is 14.3. The molecule has 0 spiro atoms. The molecule has 1 fully saturated rings. The summed E-state index contributed by atoms with van der Waals surface area (Å²) in [6.45, 7) is 10.8. The van der Waals surface area contributed by atoms with E-state index in [4.69, 9.17) is 0 Å². The van der Waals surface area contributed by atoms with Crippen LogP contribution >= 0.6 is 0 Å². The lowest BCUT2D eigenvalue weighted by atomic mass is 10.0. The number of carbonyl (C=O) groups is 1. The number of quaternary nitrogens is 1. The van der Waals surface area contributed by atoms with Crippen molar-refractivity contribution in [3.8, 4) is 0 Å². The Labute approximate surface area is 153 Å². The normalized spacial score (nSPS) is 19.8. The van der Waals surface area contributed by atoms with E-state index in [-0.39, 0.29) is 24.4 Å². The molecule has 1 amide bonds. The van der Waals surface area contributed by atoms with Crippen molar-refractivity contribution in [1.82, 2.24) is 0 Å². The number of unbranched alkanes of at least 4 members (excludes halogenated alkanes) is 3. The number of hydrogen-bond donors (Lipinski definition) is 2. The zero-order valence-electron chi connectivity index (χ0n) is 15.7. The quantitative estimate of drug-likeness (QED) is 0.674. The number of hydrogen-bond acceptors (Lipinski definition) is 1. The van der Waals surface area contributed by atoms with Gasteiger partial charge in [0, 0.05) is 18.5 Å². The fraction of sp³-hybridized carbons (Fsp3) is 0.650. The van der Waals surface area contributed by atoms with E-state index in [1.165, 1.54) is 53.7 Å². The van der Waals surface area contributed by atoms with Gasteiger partial charge < -0.3 is 22.6 Å². The highest BCUT2D eigenvalue weighted by atomic mass is 35.5. The van der Waals surface area contributed by atoms with E-state index in [2.05, 4.69) is 45.1 Å². The third kappa shape index (κ3) is 5.49. The van der Waals surface area contributed by atoms with Crippen molar-refractivity contribution in [2.45, 2.75) is 72.3 Å². The van der Waals surface area contributed by atoms with Gasteiger partial charge in [-0.1, -0.05) is 37.5 Å². The Morgan fingerprint density at radius 1 is 1.17 bits per heavy atom. The third-order valence-corrected chi connectivity index (χ3v) is 5.08. The van der Waals surface area contributed by atoms with Gasteiger partial charge in [-0.3, -0.25) is 4.79 Å². The second-order valence-electron chi connectivity index (χ2n) is 7.18. The van der Waals surface area contributed by atoms with Crippen molar-refractivity contribution < 1.29 is 22.1 Å². The van der Waals surface area contributed by atoms with Crippen LogP contribution in [0.5, 0.6) is 0 Å². The summed E-state index contributed by atoms with van der Waals surface area (Å²) in [6.07, 6.45) is 7.32. The Hall–Kier alpha value is -1.06. The summed E-state index contributed by atoms with van der Waals surface area (Å²) in [6, 6.07) is 4.43. The first-order valence-electron chi connectivity index (χ1n) is 9.26. The first-order valence-corrected chi connectivity index (χ1v) is 9.26. The predicted octanol–water partition coefficient (Wildman–Crippen LogP) is 0.182. The summed E-state index contributed by atoms with van der Waals surface area (Å²) in [7, 11) is 0. The number of likely N-dealkylation sites (tertiary alicyclic amines) is 1. The zero-order chi connectivity index (χ0) is 16.8. The van der Waals surface area contributed by atoms with Gasteiger partial charge in [0.1, 0.15) is 0 Å². The molecule has 0 aromatic heterocycles. The third-order valence-electron chi connectivity index (χ3n) is 5.08. The number of amides is 1. The molecule has 1 aliphatic rings. The van der Waals surface area contributed by atoms with Gasteiger partial charge in [-0.25, -0.2) is 0 Å². The molecule has 1 saturated heterocycles. The van der Waals surface area contributed by atoms with E-state index in [0.29, 0.717) is 0 Å². The number of nitrogens with one attached hydrogen (secondary N) is 2. The van der Waals surface area contributed by atoms with Gasteiger partial charge in [-0.2, -0.15) is 0 Å². The highest BCUT2D eigenvalue weighted by molar-refractivity contribution is 5.95. The molecule has 2 rings (SSSR count). The number of rotatable bonds is 7. The van der Waals surface area contributed by atoms with E-state index >= 15 is 0 Å². The first-order chi connectivity index (χ1) is 11.0. The van der Waals surface area contributed by atoms with Crippen LogP contribution in [0.15, 0.2) is 12.1 Å². The van der Waals surface area contributed by atoms with Gasteiger partial charge in [0.25, 0.3) is 5.91 Å². The maximum Gasteiger partial charge on any atom is 0.282 e. The molecule has 136 valence electrons. The fourth-order valence-electron chi connectivity index (χ4n) is 3.89. The second kappa shape index (κ2) is 10.0. The lowest BCUT2D eigenvalue weighted by molar-refractivity contribution is -0.903. The molecule has 2 N–H and O–H groups in total. The Balaban J connectivity index is 0.00000288. The van der Waals surface area contributed by atoms with Crippen LogP contribution in [0.3, 0.4) is 0 Å². The van der Waals surface area contributed by atoms with E-state index in [0.717, 1.165) is 25.2 Å². The van der Waals surface area contributed by atoms with Crippen LogP contribution in [0.4, 0.5) is 5.69 Å². The minimum absolute atomic E-state index is 0. The van der Waals surface area contributed by atoms with Gasteiger partial charge in [0.15, 0.2) is 6.04 Å². The summed E-state index contributed by atoms with van der Waals surface area (Å²) < 4.78 is 0. The molecule has 1 aromatic rings. The molecule has 0 saturated carbocycles. The molecule has 3 nitrogen and oxygen atoms in total. The van der Waals surface area contributed by atoms with Gasteiger partial charge in [0.2, 0.25) is 0 Å². The van der Waals surface area contributed by atoms with E-state index in [1.54, 1.807) is 0 Å². The lowest BCUT2D eigenvalue weighted by Crippen LogP contribution is -3.14. The zero-order valence-corrected chi connectivity index (χ0v) is 16.4.